The predicted molar refractivity (Wildman–Crippen MR) is 264 cm³/mol. The van der Waals surface area contributed by atoms with Crippen LogP contribution in [-0.2, 0) is 0 Å². The Bertz CT molecular complexity index is 3680. The van der Waals surface area contributed by atoms with Crippen LogP contribution in [0.1, 0.15) is 43.0 Å². The molecule has 10 aromatic rings. The van der Waals surface area contributed by atoms with Crippen LogP contribution in [0.3, 0.4) is 0 Å². The molecule has 314 valence electrons. The summed E-state index contributed by atoms with van der Waals surface area (Å²) in [7, 11) is 0. The van der Waals surface area contributed by atoms with Gasteiger partial charge in [-0.3, -0.25) is 9.59 Å². The molecule has 2 heterocycles. The van der Waals surface area contributed by atoms with Gasteiger partial charge >= 0.3 is 0 Å². The predicted octanol–water partition coefficient (Wildman–Crippen LogP) is 13.4. The van der Waals surface area contributed by atoms with Gasteiger partial charge in [0, 0.05) is 33.0 Å². The highest BCUT2D eigenvalue weighted by Crippen LogP contribution is 2.48. The summed E-state index contributed by atoms with van der Waals surface area (Å²) in [6.45, 7) is 0. The van der Waals surface area contributed by atoms with Crippen LogP contribution in [0.15, 0.2) is 194 Å². The van der Waals surface area contributed by atoms with Crippen LogP contribution in [0.4, 0.5) is 5.69 Å². The molecule has 8 nitrogen and oxygen atoms in total. The van der Waals surface area contributed by atoms with Crippen molar-refractivity contribution in [2.24, 2.45) is 0 Å². The topological polar surface area (TPSA) is 137 Å². The second-order valence-corrected chi connectivity index (χ2v) is 16.4. The number of nitriles is 4. The van der Waals surface area contributed by atoms with Crippen molar-refractivity contribution in [1.82, 2.24) is 4.57 Å². The number of amides is 2. The second kappa shape index (κ2) is 16.5. The van der Waals surface area contributed by atoms with Crippen molar-refractivity contribution in [2.75, 3.05) is 4.90 Å². The van der Waals surface area contributed by atoms with Gasteiger partial charge in [-0.15, -0.1) is 0 Å². The molecule has 11 rings (SSSR count). The lowest BCUT2D eigenvalue weighted by molar-refractivity contribution is 0.0926. The van der Waals surface area contributed by atoms with Crippen molar-refractivity contribution in [2.45, 2.75) is 0 Å². The Labute approximate surface area is 390 Å². The maximum absolute atomic E-state index is 15.9. The van der Waals surface area contributed by atoms with Crippen LogP contribution in [-0.4, -0.2) is 16.4 Å². The number of nitrogens with zero attached hydrogens (tertiary/aromatic N) is 6. The molecule has 0 bridgehead atoms. The summed E-state index contributed by atoms with van der Waals surface area (Å²) < 4.78 is 1.98. The van der Waals surface area contributed by atoms with E-state index in [0.717, 1.165) is 33.0 Å². The molecule has 0 radical (unpaired) electrons. The van der Waals surface area contributed by atoms with Crippen LogP contribution >= 0.6 is 0 Å². The highest BCUT2D eigenvalue weighted by Gasteiger charge is 2.42. The number of carbonyl (C=O) groups is 2. The number of fused-ring (bicyclic) bond motifs is 4. The number of aromatic nitrogens is 1. The molecule has 1 aliphatic heterocycles. The molecule has 0 fully saturated rings. The van der Waals surface area contributed by atoms with E-state index in [1.807, 2.05) is 150 Å². The van der Waals surface area contributed by atoms with Crippen LogP contribution in [0.25, 0.3) is 83.1 Å². The molecule has 0 aliphatic carbocycles. The van der Waals surface area contributed by atoms with Gasteiger partial charge in [0.1, 0.15) is 0 Å². The van der Waals surface area contributed by atoms with E-state index in [1.54, 1.807) is 36.4 Å². The standard InChI is InChI=1S/C60H32N6O2/c61-33-37-25-38(34-62)28-45(27-37)47-19-10-21-49-50-22-11-20-48(46-29-39(35-63)26-40(30-46)36-64)57(50)65(56(47)49)54-24-12-23-51-55(54)60(68)66(59(51)67)58-52(42-15-6-2-7-16-42)31-44(41-13-4-1-5-14-41)32-53(58)43-17-8-3-9-18-43/h1-32H. The summed E-state index contributed by atoms with van der Waals surface area (Å²) in [6.07, 6.45) is 0. The number of hydrogen-bond donors (Lipinski definition) is 0. The van der Waals surface area contributed by atoms with Gasteiger partial charge in [-0.25, -0.2) is 4.90 Å². The van der Waals surface area contributed by atoms with Gasteiger partial charge in [-0.05, 0) is 94.0 Å². The maximum Gasteiger partial charge on any atom is 0.268 e. The molecular formula is C60H32N6O2. The first-order valence-corrected chi connectivity index (χ1v) is 21.7. The minimum absolute atomic E-state index is 0.179. The molecule has 0 saturated carbocycles. The quantitative estimate of drug-likeness (QED) is 0.146. The van der Waals surface area contributed by atoms with E-state index in [9.17, 15) is 21.0 Å². The van der Waals surface area contributed by atoms with E-state index >= 15 is 9.59 Å². The molecule has 0 saturated heterocycles. The van der Waals surface area contributed by atoms with Gasteiger partial charge < -0.3 is 4.57 Å². The van der Waals surface area contributed by atoms with Crippen LogP contribution < -0.4 is 4.90 Å². The highest BCUT2D eigenvalue weighted by atomic mass is 16.2. The third kappa shape index (κ3) is 6.58. The smallest absolute Gasteiger partial charge is 0.268 e. The third-order valence-corrected chi connectivity index (χ3v) is 12.6. The van der Waals surface area contributed by atoms with Gasteiger partial charge in [0.25, 0.3) is 11.8 Å². The molecule has 2 amide bonds. The van der Waals surface area contributed by atoms with Crippen molar-refractivity contribution in [3.05, 3.63) is 228 Å². The maximum atomic E-state index is 15.9. The number of benzene rings is 9. The van der Waals surface area contributed by atoms with Crippen LogP contribution in [0.5, 0.6) is 0 Å². The van der Waals surface area contributed by atoms with Crippen molar-refractivity contribution < 1.29 is 9.59 Å². The fraction of sp³-hybridized carbons (Fsp3) is 0. The summed E-state index contributed by atoms with van der Waals surface area (Å²) in [6, 6.07) is 69.3. The normalized spacial score (nSPS) is 11.8. The van der Waals surface area contributed by atoms with Gasteiger partial charge in [0.05, 0.1) is 80.1 Å². The van der Waals surface area contributed by atoms with E-state index < -0.39 is 11.8 Å². The second-order valence-electron chi connectivity index (χ2n) is 16.4. The summed E-state index contributed by atoms with van der Waals surface area (Å²) in [4.78, 5) is 32.6. The Balaban J connectivity index is 1.23. The van der Waals surface area contributed by atoms with E-state index in [2.05, 4.69) is 24.3 Å². The molecule has 1 aliphatic rings. The Hall–Kier alpha value is -10.1. The zero-order chi connectivity index (χ0) is 46.5. The van der Waals surface area contributed by atoms with E-state index in [0.29, 0.717) is 78.0 Å². The molecule has 0 N–H and O–H groups in total. The van der Waals surface area contributed by atoms with E-state index in [-0.39, 0.29) is 11.1 Å². The lowest BCUT2D eigenvalue weighted by atomic mass is 9.90. The Kier molecular flexibility index (Phi) is 9.84. The van der Waals surface area contributed by atoms with Gasteiger partial charge in [-0.2, -0.15) is 21.0 Å². The molecule has 9 aromatic carbocycles. The summed E-state index contributed by atoms with van der Waals surface area (Å²) in [5.41, 5.74) is 11.2. The van der Waals surface area contributed by atoms with Crippen molar-refractivity contribution in [3.8, 4) is 85.6 Å². The fourth-order valence-corrected chi connectivity index (χ4v) is 9.65. The number of para-hydroxylation sites is 2. The minimum atomic E-state index is -0.524. The molecule has 68 heavy (non-hydrogen) atoms. The number of rotatable bonds is 7. The first-order chi connectivity index (χ1) is 33.4. The zero-order valence-electron chi connectivity index (χ0n) is 36.0. The van der Waals surface area contributed by atoms with E-state index in [1.165, 1.54) is 17.0 Å². The van der Waals surface area contributed by atoms with Crippen LogP contribution in [0.2, 0.25) is 0 Å². The average Bonchev–Trinajstić information content (AvgIpc) is 3.88. The summed E-state index contributed by atoms with van der Waals surface area (Å²) >= 11 is 0. The largest absolute Gasteiger partial charge is 0.307 e. The van der Waals surface area contributed by atoms with Crippen molar-refractivity contribution in [1.29, 1.82) is 21.0 Å². The molecule has 1 aromatic heterocycles. The van der Waals surface area contributed by atoms with Gasteiger partial charge in [0.2, 0.25) is 0 Å². The number of hydrogen-bond acceptors (Lipinski definition) is 6. The van der Waals surface area contributed by atoms with Crippen molar-refractivity contribution >= 4 is 39.3 Å². The fourth-order valence-electron chi connectivity index (χ4n) is 9.65. The third-order valence-electron chi connectivity index (χ3n) is 12.6. The number of imide groups is 1. The average molecular weight is 869 g/mol. The zero-order valence-corrected chi connectivity index (χ0v) is 36.0. The monoisotopic (exact) mass is 868 g/mol. The molecular weight excluding hydrogens is 837 g/mol. The molecule has 0 unspecified atom stereocenters. The SMILES string of the molecule is N#Cc1cc(C#N)cc(-c2cccc3c4cccc(-c5cc(C#N)cc(C#N)c5)c4n(-c4cccc5c4C(=O)N(c4c(-c6ccccc6)cc(-c6ccccc6)cc4-c4ccccc4)C5=O)c23)c1. The van der Waals surface area contributed by atoms with Crippen molar-refractivity contribution in [3.63, 3.8) is 0 Å². The molecule has 0 spiro atoms. The lowest BCUT2D eigenvalue weighted by Crippen LogP contribution is -2.30. The van der Waals surface area contributed by atoms with Gasteiger partial charge in [0.15, 0.2) is 0 Å². The van der Waals surface area contributed by atoms with Crippen LogP contribution in [0, 0.1) is 45.3 Å². The highest BCUT2D eigenvalue weighted by molar-refractivity contribution is 6.37. The summed E-state index contributed by atoms with van der Waals surface area (Å²) in [5, 5.41) is 41.9. The molecule has 8 heteroatoms. The number of carbonyl (C=O) groups excluding carboxylic acids is 2. The summed E-state index contributed by atoms with van der Waals surface area (Å²) in [5.74, 6) is -1.01. The van der Waals surface area contributed by atoms with Gasteiger partial charge in [-0.1, -0.05) is 133 Å². The minimum Gasteiger partial charge on any atom is -0.307 e. The first kappa shape index (κ1) is 40.6. The Morgan fingerprint density at radius 2 is 0.750 bits per heavy atom. The Morgan fingerprint density at radius 1 is 0.338 bits per heavy atom. The Morgan fingerprint density at radius 3 is 1.19 bits per heavy atom. The first-order valence-electron chi connectivity index (χ1n) is 21.7. The molecule has 0 atom stereocenters. The number of anilines is 1. The lowest BCUT2D eigenvalue weighted by Gasteiger charge is -2.24. The van der Waals surface area contributed by atoms with E-state index in [4.69, 9.17) is 0 Å².